The van der Waals surface area contributed by atoms with Gasteiger partial charge in [0.25, 0.3) is 5.91 Å². The Morgan fingerprint density at radius 2 is 2.00 bits per heavy atom. The summed E-state index contributed by atoms with van der Waals surface area (Å²) < 4.78 is 5.42. The fourth-order valence-corrected chi connectivity index (χ4v) is 2.42. The van der Waals surface area contributed by atoms with Crippen molar-refractivity contribution in [2.45, 2.75) is 6.54 Å². The summed E-state index contributed by atoms with van der Waals surface area (Å²) in [5, 5.41) is 0.636. The van der Waals surface area contributed by atoms with Crippen molar-refractivity contribution in [3.05, 3.63) is 53.1 Å². The Morgan fingerprint density at radius 3 is 2.80 bits per heavy atom. The van der Waals surface area contributed by atoms with Gasteiger partial charge in [-0.1, -0.05) is 35.9 Å². The molecule has 102 valence electrons. The largest absolute Gasteiger partial charge is 0.479 e. The fraction of sp³-hybridized carbons (Fsp3) is 0.133. The Hall–Kier alpha value is -2.20. The van der Waals surface area contributed by atoms with Crippen molar-refractivity contribution >= 4 is 28.9 Å². The molecule has 0 saturated carbocycles. The smallest absolute Gasteiger partial charge is 0.265 e. The van der Waals surface area contributed by atoms with Crippen molar-refractivity contribution in [1.82, 2.24) is 0 Å². The molecule has 2 aromatic carbocycles. The van der Waals surface area contributed by atoms with Gasteiger partial charge in [0.1, 0.15) is 0 Å². The average Bonchev–Trinajstić information content (AvgIpc) is 2.44. The van der Waals surface area contributed by atoms with E-state index in [4.69, 9.17) is 22.1 Å². The molecule has 0 fully saturated rings. The second kappa shape index (κ2) is 5.06. The molecule has 1 aliphatic rings. The number of hydrogen-bond donors (Lipinski definition) is 1. The lowest BCUT2D eigenvalue weighted by Gasteiger charge is -2.30. The molecular formula is C15H13ClN2O2. The molecule has 0 aromatic heterocycles. The number of nitrogens with zero attached hydrogens (tertiary/aromatic N) is 1. The maximum absolute atomic E-state index is 12.1. The Balaban J connectivity index is 2.00. The van der Waals surface area contributed by atoms with Crippen LogP contribution in [0.3, 0.4) is 0 Å². The van der Waals surface area contributed by atoms with E-state index in [-0.39, 0.29) is 12.5 Å². The summed E-state index contributed by atoms with van der Waals surface area (Å²) in [7, 11) is 0. The van der Waals surface area contributed by atoms with Crippen LogP contribution in [0.25, 0.3) is 0 Å². The SMILES string of the molecule is Nc1cccc2c1OCC(=O)N2Cc1ccccc1Cl. The molecule has 4 nitrogen and oxygen atoms in total. The van der Waals surface area contributed by atoms with Crippen LogP contribution in [0.4, 0.5) is 11.4 Å². The maximum Gasteiger partial charge on any atom is 0.265 e. The molecule has 2 N–H and O–H groups in total. The van der Waals surface area contributed by atoms with E-state index in [1.807, 2.05) is 30.3 Å². The molecule has 0 atom stereocenters. The first kappa shape index (κ1) is 12.8. The second-order valence-electron chi connectivity index (χ2n) is 4.56. The van der Waals surface area contributed by atoms with E-state index in [1.165, 1.54) is 0 Å². The first-order valence-electron chi connectivity index (χ1n) is 6.22. The topological polar surface area (TPSA) is 55.6 Å². The molecule has 20 heavy (non-hydrogen) atoms. The molecule has 1 aliphatic heterocycles. The number of fused-ring (bicyclic) bond motifs is 1. The van der Waals surface area contributed by atoms with Gasteiger partial charge in [0.05, 0.1) is 17.9 Å². The van der Waals surface area contributed by atoms with Gasteiger partial charge in [0, 0.05) is 5.02 Å². The zero-order valence-corrected chi connectivity index (χ0v) is 11.4. The van der Waals surface area contributed by atoms with E-state index < -0.39 is 0 Å². The number of rotatable bonds is 2. The van der Waals surface area contributed by atoms with Crippen LogP contribution in [0.5, 0.6) is 5.75 Å². The molecule has 0 radical (unpaired) electrons. The van der Waals surface area contributed by atoms with Crippen LogP contribution in [0.15, 0.2) is 42.5 Å². The molecule has 5 heteroatoms. The fourth-order valence-electron chi connectivity index (χ4n) is 2.23. The number of benzene rings is 2. The Bertz CT molecular complexity index is 673. The van der Waals surface area contributed by atoms with Crippen LogP contribution in [0.1, 0.15) is 5.56 Å². The molecular weight excluding hydrogens is 276 g/mol. The molecule has 2 aromatic rings. The van der Waals surface area contributed by atoms with Gasteiger partial charge >= 0.3 is 0 Å². The summed E-state index contributed by atoms with van der Waals surface area (Å²) in [6, 6.07) is 12.8. The van der Waals surface area contributed by atoms with E-state index in [1.54, 1.807) is 17.0 Å². The zero-order valence-electron chi connectivity index (χ0n) is 10.7. The number of ether oxygens (including phenoxy) is 1. The average molecular weight is 289 g/mol. The van der Waals surface area contributed by atoms with Crippen LogP contribution in [0, 0.1) is 0 Å². The van der Waals surface area contributed by atoms with E-state index in [2.05, 4.69) is 0 Å². The van der Waals surface area contributed by atoms with Crippen molar-refractivity contribution in [2.24, 2.45) is 0 Å². The van der Waals surface area contributed by atoms with Crippen molar-refractivity contribution in [2.75, 3.05) is 17.2 Å². The lowest BCUT2D eigenvalue weighted by Crippen LogP contribution is -2.38. The van der Waals surface area contributed by atoms with E-state index in [0.717, 1.165) is 5.56 Å². The highest BCUT2D eigenvalue weighted by Crippen LogP contribution is 2.38. The van der Waals surface area contributed by atoms with E-state index in [0.29, 0.717) is 28.7 Å². The number of nitrogens with two attached hydrogens (primary N) is 1. The molecule has 0 bridgehead atoms. The second-order valence-corrected chi connectivity index (χ2v) is 4.96. The predicted octanol–water partition coefficient (Wildman–Crippen LogP) is 2.85. The highest BCUT2D eigenvalue weighted by atomic mass is 35.5. The number of nitrogen functional groups attached to an aromatic ring is 1. The van der Waals surface area contributed by atoms with Gasteiger partial charge in [-0.25, -0.2) is 0 Å². The van der Waals surface area contributed by atoms with E-state index in [9.17, 15) is 4.79 Å². The number of carbonyl (C=O) groups is 1. The zero-order chi connectivity index (χ0) is 14.1. The normalized spacial score (nSPS) is 13.8. The van der Waals surface area contributed by atoms with Crippen LogP contribution in [-0.2, 0) is 11.3 Å². The number of amides is 1. The molecule has 0 unspecified atom stereocenters. The lowest BCUT2D eigenvalue weighted by atomic mass is 10.1. The Morgan fingerprint density at radius 1 is 1.20 bits per heavy atom. The van der Waals surface area contributed by atoms with Gasteiger partial charge in [-0.05, 0) is 23.8 Å². The molecule has 0 saturated heterocycles. The molecule has 0 aliphatic carbocycles. The van der Waals surface area contributed by atoms with Crippen molar-refractivity contribution in [3.63, 3.8) is 0 Å². The van der Waals surface area contributed by atoms with Crippen molar-refractivity contribution in [1.29, 1.82) is 0 Å². The van der Waals surface area contributed by atoms with Crippen LogP contribution in [-0.4, -0.2) is 12.5 Å². The third-order valence-corrected chi connectivity index (χ3v) is 3.61. The number of halogens is 1. The number of carbonyl (C=O) groups excluding carboxylic acids is 1. The summed E-state index contributed by atoms with van der Waals surface area (Å²) in [4.78, 5) is 13.8. The standard InChI is InChI=1S/C15H13ClN2O2/c16-11-5-2-1-4-10(11)8-18-13-7-3-6-12(17)15(13)20-9-14(18)19/h1-7H,8-9,17H2. The minimum absolute atomic E-state index is 0.00827. The van der Waals surface area contributed by atoms with E-state index >= 15 is 0 Å². The van der Waals surface area contributed by atoms with Gasteiger partial charge in [-0.15, -0.1) is 0 Å². The number of para-hydroxylation sites is 1. The number of anilines is 2. The van der Waals surface area contributed by atoms with Crippen LogP contribution < -0.4 is 15.4 Å². The molecule has 1 amide bonds. The van der Waals surface area contributed by atoms with Gasteiger partial charge in [-0.2, -0.15) is 0 Å². The summed E-state index contributed by atoms with van der Waals surface area (Å²) in [5.41, 5.74) is 7.98. The maximum atomic E-state index is 12.1. The minimum Gasteiger partial charge on any atom is -0.479 e. The van der Waals surface area contributed by atoms with Gasteiger partial charge < -0.3 is 15.4 Å². The third-order valence-electron chi connectivity index (χ3n) is 3.24. The number of hydrogen-bond acceptors (Lipinski definition) is 3. The summed E-state index contributed by atoms with van der Waals surface area (Å²) in [6.07, 6.45) is 0. The summed E-state index contributed by atoms with van der Waals surface area (Å²) in [5.74, 6) is 0.446. The monoisotopic (exact) mass is 288 g/mol. The minimum atomic E-state index is -0.108. The third kappa shape index (κ3) is 2.18. The summed E-state index contributed by atoms with van der Waals surface area (Å²) in [6.45, 7) is 0.393. The quantitative estimate of drug-likeness (QED) is 0.865. The van der Waals surface area contributed by atoms with Crippen LogP contribution >= 0.6 is 11.6 Å². The highest BCUT2D eigenvalue weighted by Gasteiger charge is 2.27. The predicted molar refractivity (Wildman–Crippen MR) is 79.0 cm³/mol. The lowest BCUT2D eigenvalue weighted by molar-refractivity contribution is -0.121. The molecule has 0 spiro atoms. The highest BCUT2D eigenvalue weighted by molar-refractivity contribution is 6.31. The van der Waals surface area contributed by atoms with Gasteiger partial charge in [0.15, 0.2) is 12.4 Å². The Kier molecular flexibility index (Phi) is 3.24. The van der Waals surface area contributed by atoms with Crippen molar-refractivity contribution in [3.8, 4) is 5.75 Å². The van der Waals surface area contributed by atoms with Gasteiger partial charge in [0.2, 0.25) is 0 Å². The first-order chi connectivity index (χ1) is 9.66. The van der Waals surface area contributed by atoms with Gasteiger partial charge in [-0.3, -0.25) is 4.79 Å². The Labute approximate surface area is 121 Å². The summed E-state index contributed by atoms with van der Waals surface area (Å²) >= 11 is 6.16. The van der Waals surface area contributed by atoms with Crippen molar-refractivity contribution < 1.29 is 9.53 Å². The van der Waals surface area contributed by atoms with Crippen LogP contribution in [0.2, 0.25) is 5.02 Å². The molecule has 1 heterocycles. The first-order valence-corrected chi connectivity index (χ1v) is 6.59. The molecule has 3 rings (SSSR count).